The van der Waals surface area contributed by atoms with Crippen molar-refractivity contribution in [1.29, 1.82) is 0 Å². The first kappa shape index (κ1) is 8.35. The Morgan fingerprint density at radius 1 is 1.58 bits per heavy atom. The van der Waals surface area contributed by atoms with Crippen molar-refractivity contribution in [3.8, 4) is 0 Å². The van der Waals surface area contributed by atoms with E-state index in [-0.39, 0.29) is 5.78 Å². The molecule has 0 bridgehead atoms. The second kappa shape index (κ2) is 3.24. The molecular weight excluding hydrogens is 212 g/mol. The van der Waals surface area contributed by atoms with Crippen molar-refractivity contribution in [1.82, 2.24) is 0 Å². The van der Waals surface area contributed by atoms with Gasteiger partial charge < -0.3 is 0 Å². The van der Waals surface area contributed by atoms with Gasteiger partial charge in [-0.1, -0.05) is 11.6 Å². The van der Waals surface area contributed by atoms with Gasteiger partial charge in [-0.15, -0.1) is 23.1 Å². The minimum atomic E-state index is 0.0833. The summed E-state index contributed by atoms with van der Waals surface area (Å²) in [5, 5.41) is 1.94. The number of Topliss-reactive ketones (excluding diaryl/α,β-unsaturated/α-hetero) is 1. The van der Waals surface area contributed by atoms with Crippen LogP contribution in [-0.2, 0) is 0 Å². The van der Waals surface area contributed by atoms with Crippen LogP contribution in [0.1, 0.15) is 10.4 Å². The Morgan fingerprint density at radius 2 is 2.42 bits per heavy atom. The van der Waals surface area contributed by atoms with Crippen LogP contribution in [0, 0.1) is 0 Å². The molecule has 1 aromatic rings. The lowest BCUT2D eigenvalue weighted by atomic mass is 10.1. The van der Waals surface area contributed by atoms with E-state index in [2.05, 4.69) is 0 Å². The summed E-state index contributed by atoms with van der Waals surface area (Å²) >= 11 is 8.81. The van der Waals surface area contributed by atoms with Crippen LogP contribution in [0.2, 0.25) is 0 Å². The number of ketones is 1. The summed E-state index contributed by atoms with van der Waals surface area (Å²) in [6.45, 7) is 0. The Hall–Kier alpha value is -0.250. The topological polar surface area (TPSA) is 17.1 Å². The van der Waals surface area contributed by atoms with Crippen LogP contribution in [0.3, 0.4) is 0 Å². The molecule has 0 atom stereocenters. The standard InChI is InChI=1S/C8H5ClOS2/c9-3-5-4-12-8-6(7(5)10)1-2-11-8/h1-3H,4H2/b5-3-. The van der Waals surface area contributed by atoms with E-state index in [1.165, 1.54) is 5.54 Å². The highest BCUT2D eigenvalue weighted by Crippen LogP contribution is 2.36. The fraction of sp³-hybridized carbons (Fsp3) is 0.125. The Kier molecular flexibility index (Phi) is 2.26. The summed E-state index contributed by atoms with van der Waals surface area (Å²) in [4.78, 5) is 11.5. The van der Waals surface area contributed by atoms with E-state index >= 15 is 0 Å². The predicted octanol–water partition coefficient (Wildman–Crippen LogP) is 3.16. The van der Waals surface area contributed by atoms with Crippen molar-refractivity contribution in [2.75, 3.05) is 5.75 Å². The number of hydrogen-bond donors (Lipinski definition) is 0. The van der Waals surface area contributed by atoms with E-state index < -0.39 is 0 Å². The molecule has 1 nitrogen and oxygen atoms in total. The molecule has 2 rings (SSSR count). The number of fused-ring (bicyclic) bond motifs is 1. The molecule has 0 saturated carbocycles. The number of halogens is 1. The fourth-order valence-corrected chi connectivity index (χ4v) is 3.35. The maximum Gasteiger partial charge on any atom is 0.192 e. The average molecular weight is 217 g/mol. The van der Waals surface area contributed by atoms with Gasteiger partial charge in [-0.25, -0.2) is 0 Å². The van der Waals surface area contributed by atoms with Crippen LogP contribution in [0.4, 0.5) is 0 Å². The highest BCUT2D eigenvalue weighted by Gasteiger charge is 2.22. The van der Waals surface area contributed by atoms with Crippen LogP contribution in [0.25, 0.3) is 0 Å². The Morgan fingerprint density at radius 3 is 3.17 bits per heavy atom. The van der Waals surface area contributed by atoms with Gasteiger partial charge in [0.05, 0.1) is 4.21 Å². The highest BCUT2D eigenvalue weighted by atomic mass is 35.5. The zero-order chi connectivity index (χ0) is 8.55. The molecule has 0 unspecified atom stereocenters. The first-order valence-electron chi connectivity index (χ1n) is 3.37. The van der Waals surface area contributed by atoms with Crippen LogP contribution < -0.4 is 0 Å². The number of carbonyl (C=O) groups excluding carboxylic acids is 1. The number of carbonyl (C=O) groups is 1. The zero-order valence-corrected chi connectivity index (χ0v) is 8.43. The van der Waals surface area contributed by atoms with Crippen molar-refractivity contribution in [2.45, 2.75) is 4.21 Å². The van der Waals surface area contributed by atoms with Gasteiger partial charge in [-0.2, -0.15) is 0 Å². The monoisotopic (exact) mass is 216 g/mol. The van der Waals surface area contributed by atoms with Gasteiger partial charge in [0.2, 0.25) is 0 Å². The number of thioether (sulfide) groups is 1. The molecule has 0 N–H and O–H groups in total. The molecule has 0 saturated heterocycles. The maximum absolute atomic E-state index is 11.5. The average Bonchev–Trinajstić information content (AvgIpc) is 2.53. The Labute approximate surface area is 83.4 Å². The van der Waals surface area contributed by atoms with E-state index in [0.29, 0.717) is 11.3 Å². The SMILES string of the molecule is O=C1/C(=C\Cl)CSc2sccc21. The van der Waals surface area contributed by atoms with Crippen molar-refractivity contribution < 1.29 is 4.79 Å². The van der Waals surface area contributed by atoms with Crippen molar-refractivity contribution in [3.05, 3.63) is 28.1 Å². The van der Waals surface area contributed by atoms with Crippen molar-refractivity contribution >= 4 is 40.5 Å². The second-order valence-electron chi connectivity index (χ2n) is 2.37. The van der Waals surface area contributed by atoms with Crippen molar-refractivity contribution in [3.63, 3.8) is 0 Å². The van der Waals surface area contributed by atoms with Gasteiger partial charge in [0.25, 0.3) is 0 Å². The molecule has 1 aliphatic heterocycles. The molecule has 12 heavy (non-hydrogen) atoms. The zero-order valence-electron chi connectivity index (χ0n) is 6.04. The third-order valence-corrected chi connectivity index (χ3v) is 4.21. The predicted molar refractivity (Wildman–Crippen MR) is 53.3 cm³/mol. The summed E-state index contributed by atoms with van der Waals surface area (Å²) in [5.74, 6) is 0.788. The van der Waals surface area contributed by atoms with Gasteiger partial charge in [0.1, 0.15) is 0 Å². The third-order valence-electron chi connectivity index (χ3n) is 1.66. The molecule has 1 aliphatic rings. The first-order chi connectivity index (χ1) is 5.83. The summed E-state index contributed by atoms with van der Waals surface area (Å²) < 4.78 is 1.11. The van der Waals surface area contributed by atoms with E-state index in [1.807, 2.05) is 11.4 Å². The lowest BCUT2D eigenvalue weighted by molar-refractivity contribution is 0.103. The lowest BCUT2D eigenvalue weighted by Crippen LogP contribution is -2.09. The van der Waals surface area contributed by atoms with Crippen LogP contribution in [-0.4, -0.2) is 11.5 Å². The van der Waals surface area contributed by atoms with E-state index in [4.69, 9.17) is 11.6 Å². The van der Waals surface area contributed by atoms with E-state index in [1.54, 1.807) is 23.1 Å². The van der Waals surface area contributed by atoms with Crippen molar-refractivity contribution in [2.24, 2.45) is 0 Å². The third kappa shape index (κ3) is 1.22. The minimum Gasteiger partial charge on any atom is -0.289 e. The number of hydrogen-bond acceptors (Lipinski definition) is 3. The smallest absolute Gasteiger partial charge is 0.192 e. The molecular formula is C8H5ClOS2. The summed E-state index contributed by atoms with van der Waals surface area (Å²) in [6, 6.07) is 1.86. The molecule has 1 aromatic heterocycles. The van der Waals surface area contributed by atoms with Gasteiger partial charge in [0, 0.05) is 22.4 Å². The van der Waals surface area contributed by atoms with Crippen LogP contribution in [0.15, 0.2) is 26.8 Å². The quantitative estimate of drug-likeness (QED) is 0.620. The van der Waals surface area contributed by atoms with Crippen LogP contribution in [0.5, 0.6) is 0 Å². The molecule has 0 amide bonds. The summed E-state index contributed by atoms with van der Waals surface area (Å²) in [5.41, 5.74) is 2.89. The van der Waals surface area contributed by atoms with Gasteiger partial charge in [-0.05, 0) is 11.4 Å². The van der Waals surface area contributed by atoms with E-state index in [9.17, 15) is 4.79 Å². The molecule has 0 fully saturated rings. The molecule has 2 heterocycles. The normalized spacial score (nSPS) is 19.8. The molecule has 4 heteroatoms. The first-order valence-corrected chi connectivity index (χ1v) is 5.67. The molecule has 62 valence electrons. The Balaban J connectivity index is 2.49. The number of rotatable bonds is 0. The minimum absolute atomic E-state index is 0.0833. The van der Waals surface area contributed by atoms with Gasteiger partial charge in [0.15, 0.2) is 5.78 Å². The summed E-state index contributed by atoms with van der Waals surface area (Å²) in [7, 11) is 0. The molecule has 0 aromatic carbocycles. The maximum atomic E-state index is 11.5. The van der Waals surface area contributed by atoms with Gasteiger partial charge >= 0.3 is 0 Å². The highest BCUT2D eigenvalue weighted by molar-refractivity contribution is 8.01. The van der Waals surface area contributed by atoms with E-state index in [0.717, 1.165) is 9.77 Å². The lowest BCUT2D eigenvalue weighted by Gasteiger charge is -2.11. The Bertz CT molecular complexity index is 354. The largest absolute Gasteiger partial charge is 0.289 e. The summed E-state index contributed by atoms with van der Waals surface area (Å²) in [6.07, 6.45) is 0. The number of thiophene rings is 1. The molecule has 0 aliphatic carbocycles. The second-order valence-corrected chi connectivity index (χ2v) is 4.75. The molecule has 0 spiro atoms. The van der Waals surface area contributed by atoms with Gasteiger partial charge in [-0.3, -0.25) is 4.79 Å². The fourth-order valence-electron chi connectivity index (χ4n) is 1.04. The van der Waals surface area contributed by atoms with Crippen LogP contribution >= 0.6 is 34.7 Å². The molecule has 0 radical (unpaired) electrons.